The van der Waals surface area contributed by atoms with Crippen molar-refractivity contribution in [3.8, 4) is 5.75 Å². The van der Waals surface area contributed by atoms with Crippen molar-refractivity contribution < 1.29 is 28.7 Å². The summed E-state index contributed by atoms with van der Waals surface area (Å²) in [6, 6.07) is 14.9. The third-order valence-electron chi connectivity index (χ3n) is 6.20. The lowest BCUT2D eigenvalue weighted by Crippen LogP contribution is -2.48. The van der Waals surface area contributed by atoms with Gasteiger partial charge in [-0.3, -0.25) is 19.3 Å². The molecule has 2 aliphatic rings. The Kier molecular flexibility index (Phi) is 7.60. The van der Waals surface area contributed by atoms with Crippen LogP contribution >= 0.6 is 0 Å². The van der Waals surface area contributed by atoms with Crippen molar-refractivity contribution in [3.05, 3.63) is 72.3 Å². The molecule has 1 N–H and O–H groups in total. The lowest BCUT2D eigenvalue weighted by atomic mass is 9.85. The highest BCUT2D eigenvalue weighted by atomic mass is 16.5. The minimum atomic E-state index is -1.15. The molecule has 4 rings (SSSR count). The number of imide groups is 1. The lowest BCUT2D eigenvalue weighted by Gasteiger charge is -2.25. The molecule has 2 aromatic carbocycles. The zero-order chi connectivity index (χ0) is 24.8. The fourth-order valence-electron chi connectivity index (χ4n) is 4.52. The van der Waals surface area contributed by atoms with E-state index in [1.165, 1.54) is 0 Å². The number of ether oxygens (including phenoxy) is 2. The van der Waals surface area contributed by atoms with E-state index in [2.05, 4.69) is 5.32 Å². The van der Waals surface area contributed by atoms with Crippen LogP contribution in [-0.4, -0.2) is 47.8 Å². The number of rotatable bonds is 9. The fourth-order valence-corrected chi connectivity index (χ4v) is 4.52. The van der Waals surface area contributed by atoms with Gasteiger partial charge in [-0.25, -0.2) is 4.79 Å². The quantitative estimate of drug-likeness (QED) is 0.339. The molecule has 2 aromatic rings. The second-order valence-corrected chi connectivity index (χ2v) is 8.49. The van der Waals surface area contributed by atoms with E-state index < -0.39 is 36.4 Å². The second kappa shape index (κ2) is 11.0. The molecule has 0 bridgehead atoms. The smallest absolute Gasteiger partial charge is 0.330 e. The Morgan fingerprint density at radius 3 is 2.26 bits per heavy atom. The standard InChI is InChI=1S/C27H28N2O6/c1-2-34-23-15-9-8-14-21(23)28-24(30)17-35-27(33)22(16-18-10-4-3-5-11-18)29-25(31)19-12-6-7-13-20(19)26(29)32/h3-11,14-15,19-20,22H,2,12-13,16-17H2,1H3,(H,28,30)/t19-,20+,22-/m1/s1. The number of carbonyl (C=O) groups is 4. The minimum Gasteiger partial charge on any atom is -0.492 e. The van der Waals surface area contributed by atoms with Gasteiger partial charge in [0.15, 0.2) is 6.61 Å². The van der Waals surface area contributed by atoms with E-state index in [9.17, 15) is 19.2 Å². The Bertz CT molecular complexity index is 1100. The van der Waals surface area contributed by atoms with Gasteiger partial charge >= 0.3 is 5.97 Å². The number of amides is 3. The predicted molar refractivity (Wildman–Crippen MR) is 128 cm³/mol. The van der Waals surface area contributed by atoms with Gasteiger partial charge in [0, 0.05) is 6.42 Å². The molecule has 1 heterocycles. The Morgan fingerprint density at radius 2 is 1.60 bits per heavy atom. The summed E-state index contributed by atoms with van der Waals surface area (Å²) in [7, 11) is 0. The van der Waals surface area contributed by atoms with Gasteiger partial charge in [0.2, 0.25) is 11.8 Å². The van der Waals surface area contributed by atoms with Crippen LogP contribution in [0, 0.1) is 11.8 Å². The highest BCUT2D eigenvalue weighted by Crippen LogP contribution is 2.36. The van der Waals surface area contributed by atoms with Crippen LogP contribution < -0.4 is 10.1 Å². The lowest BCUT2D eigenvalue weighted by molar-refractivity contribution is -0.160. The number of nitrogens with one attached hydrogen (secondary N) is 1. The number of allylic oxidation sites excluding steroid dienone is 2. The van der Waals surface area contributed by atoms with Crippen LogP contribution in [0.15, 0.2) is 66.7 Å². The number of nitrogens with zero attached hydrogens (tertiary/aromatic N) is 1. The van der Waals surface area contributed by atoms with Crippen LogP contribution in [0.2, 0.25) is 0 Å². The number of likely N-dealkylation sites (tertiary alicyclic amines) is 1. The summed E-state index contributed by atoms with van der Waals surface area (Å²) in [5.74, 6) is -2.50. The number of hydrogen-bond donors (Lipinski definition) is 1. The summed E-state index contributed by atoms with van der Waals surface area (Å²) in [6.45, 7) is 1.70. The van der Waals surface area contributed by atoms with Gasteiger partial charge in [-0.2, -0.15) is 0 Å². The Hall–Kier alpha value is -3.94. The van der Waals surface area contributed by atoms with Crippen molar-refractivity contribution in [1.29, 1.82) is 0 Å². The first-order chi connectivity index (χ1) is 17.0. The average molecular weight is 477 g/mol. The summed E-state index contributed by atoms with van der Waals surface area (Å²) in [6.07, 6.45) is 4.84. The molecule has 3 atom stereocenters. The number of anilines is 1. The van der Waals surface area contributed by atoms with Crippen LogP contribution in [0.1, 0.15) is 25.3 Å². The number of benzene rings is 2. The van der Waals surface area contributed by atoms with E-state index in [1.807, 2.05) is 49.4 Å². The van der Waals surface area contributed by atoms with E-state index in [-0.39, 0.29) is 18.2 Å². The third-order valence-corrected chi connectivity index (χ3v) is 6.20. The Balaban J connectivity index is 1.47. The molecule has 1 fully saturated rings. The van der Waals surface area contributed by atoms with Gasteiger partial charge in [-0.1, -0.05) is 54.6 Å². The van der Waals surface area contributed by atoms with Crippen molar-refractivity contribution in [2.45, 2.75) is 32.2 Å². The van der Waals surface area contributed by atoms with Gasteiger partial charge in [-0.05, 0) is 37.5 Å². The molecule has 0 unspecified atom stereocenters. The fraction of sp³-hybridized carbons (Fsp3) is 0.333. The minimum absolute atomic E-state index is 0.110. The summed E-state index contributed by atoms with van der Waals surface area (Å²) in [5, 5.41) is 2.67. The highest BCUT2D eigenvalue weighted by Gasteiger charge is 2.51. The highest BCUT2D eigenvalue weighted by molar-refractivity contribution is 6.08. The number of carbonyl (C=O) groups excluding carboxylic acids is 4. The molecule has 1 saturated heterocycles. The Morgan fingerprint density at radius 1 is 0.971 bits per heavy atom. The second-order valence-electron chi connectivity index (χ2n) is 8.49. The number of fused-ring (bicyclic) bond motifs is 1. The first kappa shape index (κ1) is 24.2. The van der Waals surface area contributed by atoms with Crippen LogP contribution in [0.5, 0.6) is 5.75 Å². The average Bonchev–Trinajstić information content (AvgIpc) is 3.13. The zero-order valence-corrected chi connectivity index (χ0v) is 19.5. The largest absolute Gasteiger partial charge is 0.492 e. The van der Waals surface area contributed by atoms with Crippen molar-refractivity contribution in [2.24, 2.45) is 11.8 Å². The van der Waals surface area contributed by atoms with Gasteiger partial charge in [0.05, 0.1) is 24.1 Å². The first-order valence-corrected chi connectivity index (χ1v) is 11.7. The molecular weight excluding hydrogens is 448 g/mol. The van der Waals surface area contributed by atoms with Gasteiger partial charge in [0.1, 0.15) is 11.8 Å². The Labute approximate surface area is 203 Å². The monoisotopic (exact) mass is 476 g/mol. The molecule has 0 saturated carbocycles. The topological polar surface area (TPSA) is 102 Å². The third kappa shape index (κ3) is 5.42. The molecule has 182 valence electrons. The van der Waals surface area contributed by atoms with Gasteiger partial charge in [0.25, 0.3) is 5.91 Å². The summed E-state index contributed by atoms with van der Waals surface area (Å²) < 4.78 is 10.8. The van der Waals surface area contributed by atoms with Gasteiger partial charge < -0.3 is 14.8 Å². The summed E-state index contributed by atoms with van der Waals surface area (Å²) in [5.41, 5.74) is 1.23. The molecule has 8 heteroatoms. The van der Waals surface area contributed by atoms with E-state index in [0.29, 0.717) is 30.9 Å². The number of esters is 1. The maximum absolute atomic E-state index is 13.2. The van der Waals surface area contributed by atoms with Crippen LogP contribution in [0.3, 0.4) is 0 Å². The molecule has 1 aliphatic heterocycles. The zero-order valence-electron chi connectivity index (χ0n) is 19.5. The maximum atomic E-state index is 13.2. The number of hydrogen-bond acceptors (Lipinski definition) is 6. The molecular formula is C27H28N2O6. The van der Waals surface area contributed by atoms with Crippen molar-refractivity contribution >= 4 is 29.4 Å². The predicted octanol–water partition coefficient (Wildman–Crippen LogP) is 3.13. The molecule has 3 amide bonds. The maximum Gasteiger partial charge on any atom is 0.330 e. The summed E-state index contributed by atoms with van der Waals surface area (Å²) in [4.78, 5) is 53.0. The van der Waals surface area contributed by atoms with E-state index in [4.69, 9.17) is 9.47 Å². The van der Waals surface area contributed by atoms with E-state index >= 15 is 0 Å². The SMILES string of the molecule is CCOc1ccccc1NC(=O)COC(=O)[C@@H](Cc1ccccc1)N1C(=O)[C@H]2CC=CC[C@H]2C1=O. The van der Waals surface area contributed by atoms with Crippen LogP contribution in [0.4, 0.5) is 5.69 Å². The normalized spacial score (nSPS) is 19.7. The van der Waals surface area contributed by atoms with E-state index in [0.717, 1.165) is 10.5 Å². The number of para-hydroxylation sites is 2. The molecule has 0 spiro atoms. The molecule has 1 aliphatic carbocycles. The van der Waals surface area contributed by atoms with Crippen LogP contribution in [-0.2, 0) is 30.3 Å². The molecule has 0 radical (unpaired) electrons. The summed E-state index contributed by atoms with van der Waals surface area (Å²) >= 11 is 0. The van der Waals surface area contributed by atoms with E-state index in [1.54, 1.807) is 24.3 Å². The van der Waals surface area contributed by atoms with Gasteiger partial charge in [-0.15, -0.1) is 0 Å². The van der Waals surface area contributed by atoms with Crippen molar-refractivity contribution in [3.63, 3.8) is 0 Å². The molecule has 0 aromatic heterocycles. The first-order valence-electron chi connectivity index (χ1n) is 11.7. The molecule has 8 nitrogen and oxygen atoms in total. The van der Waals surface area contributed by atoms with Crippen molar-refractivity contribution in [1.82, 2.24) is 4.90 Å². The van der Waals surface area contributed by atoms with Crippen molar-refractivity contribution in [2.75, 3.05) is 18.5 Å². The molecule has 35 heavy (non-hydrogen) atoms. The van der Waals surface area contributed by atoms with Crippen LogP contribution in [0.25, 0.3) is 0 Å².